The molecule has 0 aromatic carbocycles. The average Bonchev–Trinajstić information content (AvgIpc) is 2.93. The Balaban J connectivity index is 2.15. The highest BCUT2D eigenvalue weighted by atomic mass is 35.5. The van der Waals surface area contributed by atoms with Crippen LogP contribution < -0.4 is 0 Å². The number of nitrogens with zero attached hydrogens (tertiary/aromatic N) is 3. The van der Waals surface area contributed by atoms with Crippen LogP contribution in [0, 0.1) is 11.3 Å². The summed E-state index contributed by atoms with van der Waals surface area (Å²) >= 11 is 5.88. The molecule has 0 aliphatic heterocycles. The summed E-state index contributed by atoms with van der Waals surface area (Å²) in [5.41, 5.74) is 0.704. The fraction of sp³-hybridized carbons (Fsp3) is 0.200. The number of fused-ring (bicyclic) bond motifs is 1. The summed E-state index contributed by atoms with van der Waals surface area (Å²) in [6, 6.07) is 5.24. The maximum absolute atomic E-state index is 13.0. The lowest BCUT2D eigenvalue weighted by Gasteiger charge is -2.27. The van der Waals surface area contributed by atoms with Crippen molar-refractivity contribution < 1.29 is 8.42 Å². The van der Waals surface area contributed by atoms with E-state index in [0.717, 1.165) is 0 Å². The molecular weight excluding hydrogens is 322 g/mol. The van der Waals surface area contributed by atoms with E-state index in [-0.39, 0.29) is 0 Å². The first kappa shape index (κ1) is 14.8. The molecule has 1 aliphatic rings. The lowest BCUT2D eigenvalue weighted by molar-refractivity contribution is 0.554. The van der Waals surface area contributed by atoms with E-state index in [1.54, 1.807) is 37.3 Å². The fourth-order valence-electron chi connectivity index (χ4n) is 2.36. The third-order valence-corrected chi connectivity index (χ3v) is 6.34. The minimum Gasteiger partial charge on any atom is -0.236 e. The highest BCUT2D eigenvalue weighted by Crippen LogP contribution is 2.33. The minimum absolute atomic E-state index is 0.292. The monoisotopic (exact) mass is 333 g/mol. The largest absolute Gasteiger partial charge is 0.249 e. The van der Waals surface area contributed by atoms with Gasteiger partial charge in [0.15, 0.2) is 5.65 Å². The number of nitriles is 1. The smallest absolute Gasteiger partial charge is 0.236 e. The molecule has 0 N–H and O–H groups in total. The van der Waals surface area contributed by atoms with Crippen molar-refractivity contribution in [1.82, 2.24) is 8.96 Å². The Morgan fingerprint density at radius 2 is 2.27 bits per heavy atom. The average molecular weight is 334 g/mol. The van der Waals surface area contributed by atoms with E-state index in [4.69, 9.17) is 16.9 Å². The lowest BCUT2D eigenvalue weighted by atomic mass is 10.0. The van der Waals surface area contributed by atoms with Gasteiger partial charge >= 0.3 is 0 Å². The number of rotatable bonds is 2. The topological polar surface area (TPSA) is 75.8 Å². The second kappa shape index (κ2) is 4.97. The van der Waals surface area contributed by atoms with E-state index in [0.29, 0.717) is 28.0 Å². The van der Waals surface area contributed by atoms with Gasteiger partial charge in [-0.1, -0.05) is 23.8 Å². The molecule has 3 rings (SSSR count). The van der Waals surface area contributed by atoms with Crippen LogP contribution in [0.3, 0.4) is 0 Å². The van der Waals surface area contributed by atoms with Gasteiger partial charge in [-0.25, -0.2) is 17.4 Å². The van der Waals surface area contributed by atoms with Crippen molar-refractivity contribution in [1.29, 1.82) is 5.26 Å². The van der Waals surface area contributed by atoms with E-state index in [2.05, 4.69) is 4.98 Å². The first-order chi connectivity index (χ1) is 10.4. The van der Waals surface area contributed by atoms with Gasteiger partial charge in [-0.2, -0.15) is 5.26 Å². The van der Waals surface area contributed by atoms with E-state index in [1.807, 2.05) is 6.07 Å². The summed E-state index contributed by atoms with van der Waals surface area (Å²) in [6.07, 6.45) is 8.00. The molecule has 0 bridgehead atoms. The summed E-state index contributed by atoms with van der Waals surface area (Å²) in [4.78, 5) is 4.11. The summed E-state index contributed by atoms with van der Waals surface area (Å²) < 4.78 is 26.0. The molecule has 112 valence electrons. The number of hydrogen-bond donors (Lipinski definition) is 0. The summed E-state index contributed by atoms with van der Waals surface area (Å²) in [5.74, 6) is 0. The van der Waals surface area contributed by atoms with Gasteiger partial charge in [-0.3, -0.25) is 0 Å². The van der Waals surface area contributed by atoms with Crippen molar-refractivity contribution >= 4 is 32.7 Å². The Morgan fingerprint density at radius 3 is 2.91 bits per heavy atom. The molecular formula is C15H12ClN3O2S. The third kappa shape index (κ3) is 2.14. The standard InChI is InChI=1S/C15H12ClN3O2S/c1-15(5-2-13(16)3-6-15)22(20,21)19-7-4-12-8-11(9-17)10-18-14(12)19/h2-5,7-8,10H,6H2,1H3. The predicted molar refractivity (Wildman–Crippen MR) is 84.9 cm³/mol. The Bertz CT molecular complexity index is 966. The predicted octanol–water partition coefficient (Wildman–Crippen LogP) is 2.93. The molecule has 1 atom stereocenters. The number of hydrogen-bond acceptors (Lipinski definition) is 4. The first-order valence-corrected chi connectivity index (χ1v) is 8.36. The number of allylic oxidation sites excluding steroid dienone is 3. The molecule has 1 unspecified atom stereocenters. The van der Waals surface area contributed by atoms with Crippen LogP contribution in [0.1, 0.15) is 18.9 Å². The molecule has 0 saturated heterocycles. The zero-order valence-corrected chi connectivity index (χ0v) is 13.3. The van der Waals surface area contributed by atoms with Crippen LogP contribution in [0.2, 0.25) is 0 Å². The summed E-state index contributed by atoms with van der Waals surface area (Å²) in [6.45, 7) is 1.65. The third-order valence-electron chi connectivity index (χ3n) is 3.77. The molecule has 2 aromatic heterocycles. The summed E-state index contributed by atoms with van der Waals surface area (Å²) in [5, 5.41) is 10.0. The molecule has 0 radical (unpaired) electrons. The van der Waals surface area contributed by atoms with Gasteiger partial charge in [0.1, 0.15) is 10.8 Å². The Labute approximate surface area is 133 Å². The van der Waals surface area contributed by atoms with Crippen molar-refractivity contribution in [3.05, 3.63) is 53.4 Å². The molecule has 5 nitrogen and oxygen atoms in total. The Hall–Kier alpha value is -2.10. The number of pyridine rings is 1. The molecule has 7 heteroatoms. The molecule has 22 heavy (non-hydrogen) atoms. The highest BCUT2D eigenvalue weighted by Gasteiger charge is 2.39. The molecule has 0 amide bonds. The van der Waals surface area contributed by atoms with Crippen molar-refractivity contribution in [2.45, 2.75) is 18.1 Å². The maximum atomic E-state index is 13.0. The normalized spacial score (nSPS) is 21.6. The highest BCUT2D eigenvalue weighted by molar-refractivity contribution is 7.91. The fourth-order valence-corrected chi connectivity index (χ4v) is 4.09. The van der Waals surface area contributed by atoms with Gasteiger partial charge in [-0.05, 0) is 31.6 Å². The molecule has 2 aromatic rings. The quantitative estimate of drug-likeness (QED) is 0.846. The number of halogens is 1. The van der Waals surface area contributed by atoms with Crippen molar-refractivity contribution in [3.63, 3.8) is 0 Å². The lowest BCUT2D eigenvalue weighted by Crippen LogP contribution is -2.38. The SMILES string of the molecule is CC1(S(=O)(=O)n2ccc3cc(C#N)cnc32)C=CC(Cl)=CC1. The van der Waals surface area contributed by atoms with Crippen molar-refractivity contribution in [2.75, 3.05) is 0 Å². The first-order valence-electron chi connectivity index (χ1n) is 6.55. The molecule has 0 spiro atoms. The molecule has 0 saturated carbocycles. The number of aromatic nitrogens is 2. The van der Waals surface area contributed by atoms with Crippen LogP contribution in [0.15, 0.2) is 47.8 Å². The van der Waals surface area contributed by atoms with Gasteiger partial charge < -0.3 is 0 Å². The van der Waals surface area contributed by atoms with Crippen LogP contribution in [-0.4, -0.2) is 22.1 Å². The van der Waals surface area contributed by atoms with E-state index >= 15 is 0 Å². The van der Waals surface area contributed by atoms with E-state index in [9.17, 15) is 8.42 Å². The van der Waals surface area contributed by atoms with Gasteiger partial charge in [-0.15, -0.1) is 0 Å². The second-order valence-corrected chi connectivity index (χ2v) is 8.02. The van der Waals surface area contributed by atoms with Crippen LogP contribution in [0.4, 0.5) is 0 Å². The Morgan fingerprint density at radius 1 is 1.50 bits per heavy atom. The zero-order valence-electron chi connectivity index (χ0n) is 11.7. The minimum atomic E-state index is -3.71. The van der Waals surface area contributed by atoms with Crippen molar-refractivity contribution in [2.24, 2.45) is 0 Å². The van der Waals surface area contributed by atoms with Gasteiger partial charge in [0, 0.05) is 22.8 Å². The van der Waals surface area contributed by atoms with Crippen molar-refractivity contribution in [3.8, 4) is 6.07 Å². The summed E-state index contributed by atoms with van der Waals surface area (Å²) in [7, 11) is -3.71. The molecule has 2 heterocycles. The Kier molecular flexibility index (Phi) is 3.35. The van der Waals surface area contributed by atoms with Crippen LogP contribution >= 0.6 is 11.6 Å². The van der Waals surface area contributed by atoms with Crippen LogP contribution in [-0.2, 0) is 10.0 Å². The molecule has 1 aliphatic carbocycles. The van der Waals surface area contributed by atoms with Gasteiger partial charge in [0.2, 0.25) is 10.0 Å². The van der Waals surface area contributed by atoms with Crippen LogP contribution in [0.25, 0.3) is 11.0 Å². The second-order valence-electron chi connectivity index (χ2n) is 5.30. The van der Waals surface area contributed by atoms with E-state index in [1.165, 1.54) is 16.4 Å². The van der Waals surface area contributed by atoms with Crippen LogP contribution in [0.5, 0.6) is 0 Å². The van der Waals surface area contributed by atoms with E-state index < -0.39 is 14.8 Å². The van der Waals surface area contributed by atoms with Gasteiger partial charge in [0.05, 0.1) is 5.56 Å². The zero-order chi connectivity index (χ0) is 16.0. The molecule has 0 fully saturated rings. The van der Waals surface area contributed by atoms with Gasteiger partial charge in [0.25, 0.3) is 0 Å². The maximum Gasteiger partial charge on any atom is 0.249 e.